The van der Waals surface area contributed by atoms with E-state index in [2.05, 4.69) is 9.88 Å². The Bertz CT molecular complexity index is 1320. The van der Waals surface area contributed by atoms with Crippen LogP contribution in [0.2, 0.25) is 10.0 Å². The summed E-state index contributed by atoms with van der Waals surface area (Å²) in [5.41, 5.74) is 1.73. The number of aromatic nitrogens is 2. The number of carbonyl (C=O) groups excluding carboxylic acids is 2. The second-order valence-electron chi connectivity index (χ2n) is 8.27. The molecule has 1 saturated heterocycles. The Kier molecular flexibility index (Phi) is 7.59. The van der Waals surface area contributed by atoms with Crippen molar-refractivity contribution in [1.82, 2.24) is 14.5 Å². The van der Waals surface area contributed by atoms with Crippen molar-refractivity contribution in [2.75, 3.05) is 56.7 Å². The predicted octanol–water partition coefficient (Wildman–Crippen LogP) is 2.66. The molecule has 0 saturated carbocycles. The molecule has 0 unspecified atom stereocenters. The van der Waals surface area contributed by atoms with E-state index in [-0.39, 0.29) is 30.5 Å². The van der Waals surface area contributed by atoms with Gasteiger partial charge in [-0.1, -0.05) is 23.2 Å². The zero-order chi connectivity index (χ0) is 25.1. The lowest BCUT2D eigenvalue weighted by Gasteiger charge is -2.35. The van der Waals surface area contributed by atoms with Gasteiger partial charge in [0.15, 0.2) is 0 Å². The molecular weight excluding hydrogens is 493 g/mol. The first-order valence-electron chi connectivity index (χ1n) is 11.0. The van der Waals surface area contributed by atoms with E-state index < -0.39 is 0 Å². The minimum atomic E-state index is -0.301. The minimum absolute atomic E-state index is 0.172. The van der Waals surface area contributed by atoms with Gasteiger partial charge in [-0.05, 0) is 36.4 Å². The van der Waals surface area contributed by atoms with Crippen LogP contribution in [0.5, 0.6) is 0 Å². The number of hydrogen-bond donors (Lipinski definition) is 0. The zero-order valence-corrected chi connectivity index (χ0v) is 20.9. The Morgan fingerprint density at radius 2 is 1.77 bits per heavy atom. The van der Waals surface area contributed by atoms with Crippen molar-refractivity contribution in [2.24, 2.45) is 0 Å². The molecule has 1 fully saturated rings. The molecule has 9 nitrogen and oxygen atoms in total. The van der Waals surface area contributed by atoms with Gasteiger partial charge < -0.3 is 14.5 Å². The Hall–Kier alpha value is -3.14. The highest BCUT2D eigenvalue weighted by atomic mass is 35.5. The molecule has 0 aliphatic carbocycles. The molecule has 1 aliphatic rings. The van der Waals surface area contributed by atoms with Gasteiger partial charge in [0.05, 0.1) is 40.9 Å². The fraction of sp³-hybridized carbons (Fsp3) is 0.333. The first-order valence-corrected chi connectivity index (χ1v) is 11.8. The van der Waals surface area contributed by atoms with Gasteiger partial charge in [-0.3, -0.25) is 23.9 Å². The predicted molar refractivity (Wildman–Crippen MR) is 137 cm³/mol. The Balaban J connectivity index is 1.50. The summed E-state index contributed by atoms with van der Waals surface area (Å²) in [5, 5.41) is 1.17. The lowest BCUT2D eigenvalue weighted by molar-refractivity contribution is -0.142. The number of amides is 1. The summed E-state index contributed by atoms with van der Waals surface area (Å²) in [4.78, 5) is 47.6. The maximum atomic E-state index is 13.2. The largest absolute Gasteiger partial charge is 0.468 e. The van der Waals surface area contributed by atoms with E-state index in [0.29, 0.717) is 52.8 Å². The molecule has 1 aliphatic heterocycles. The molecule has 4 rings (SSSR count). The number of anilines is 2. The molecule has 2 heterocycles. The third kappa shape index (κ3) is 5.58. The first-order chi connectivity index (χ1) is 16.8. The number of rotatable bonds is 6. The number of carbonyl (C=O) groups is 2. The Morgan fingerprint density at radius 3 is 2.46 bits per heavy atom. The van der Waals surface area contributed by atoms with Crippen molar-refractivity contribution in [3.63, 3.8) is 0 Å². The molecule has 0 bridgehead atoms. The Morgan fingerprint density at radius 1 is 1.03 bits per heavy atom. The minimum Gasteiger partial charge on any atom is -0.468 e. The number of halogens is 2. The van der Waals surface area contributed by atoms with Gasteiger partial charge in [0, 0.05) is 44.6 Å². The molecule has 11 heteroatoms. The number of likely N-dealkylation sites (N-methyl/N-ethyl adjacent to an activating group) is 1. The molecule has 0 radical (unpaired) electrons. The molecular formula is C24H25Cl2N5O4. The van der Waals surface area contributed by atoms with Crippen LogP contribution in [0.15, 0.2) is 47.5 Å². The van der Waals surface area contributed by atoms with Crippen LogP contribution < -0.4 is 15.4 Å². The van der Waals surface area contributed by atoms with E-state index in [9.17, 15) is 14.4 Å². The summed E-state index contributed by atoms with van der Waals surface area (Å²) in [5.74, 6) is -0.556. The third-order valence-corrected chi connectivity index (χ3v) is 6.83. The number of fused-ring (bicyclic) bond motifs is 1. The number of piperazine rings is 1. The van der Waals surface area contributed by atoms with Crippen LogP contribution in [-0.4, -0.2) is 73.2 Å². The van der Waals surface area contributed by atoms with E-state index >= 15 is 0 Å². The third-order valence-electron chi connectivity index (χ3n) is 6.10. The maximum Gasteiger partial charge on any atom is 0.319 e. The van der Waals surface area contributed by atoms with E-state index in [1.165, 1.54) is 22.9 Å². The topological polar surface area (TPSA) is 88.0 Å². The van der Waals surface area contributed by atoms with Crippen LogP contribution in [0.3, 0.4) is 0 Å². The molecule has 35 heavy (non-hydrogen) atoms. The van der Waals surface area contributed by atoms with Gasteiger partial charge in [-0.25, -0.2) is 4.98 Å². The quantitative estimate of drug-likeness (QED) is 0.464. The zero-order valence-electron chi connectivity index (χ0n) is 19.4. The number of ether oxygens (including phenoxy) is 1. The van der Waals surface area contributed by atoms with Crippen molar-refractivity contribution < 1.29 is 14.3 Å². The van der Waals surface area contributed by atoms with Crippen LogP contribution in [0, 0.1) is 0 Å². The van der Waals surface area contributed by atoms with E-state index in [1.807, 2.05) is 17.0 Å². The highest BCUT2D eigenvalue weighted by Gasteiger charge is 2.20. The maximum absolute atomic E-state index is 13.2. The van der Waals surface area contributed by atoms with Crippen molar-refractivity contribution in [1.29, 1.82) is 0 Å². The van der Waals surface area contributed by atoms with Crippen LogP contribution in [-0.2, 0) is 20.9 Å². The van der Waals surface area contributed by atoms with Crippen molar-refractivity contribution in [3.05, 3.63) is 63.1 Å². The lowest BCUT2D eigenvalue weighted by atomic mass is 10.2. The molecule has 0 spiro atoms. The van der Waals surface area contributed by atoms with E-state index in [0.717, 1.165) is 5.69 Å². The SMILES string of the molecule is COC(=O)CN1CCN(c2ccc3ncn(CC(=O)N(C)c4ccc(Cl)c(Cl)c4)c(=O)c3c2)CC1. The number of benzene rings is 2. The van der Waals surface area contributed by atoms with Gasteiger partial charge in [0.1, 0.15) is 6.54 Å². The average Bonchev–Trinajstić information content (AvgIpc) is 2.87. The van der Waals surface area contributed by atoms with Crippen LogP contribution in [0.4, 0.5) is 11.4 Å². The second-order valence-corrected chi connectivity index (χ2v) is 9.08. The first kappa shape index (κ1) is 25.0. The Labute approximate surface area is 212 Å². The van der Waals surface area contributed by atoms with Crippen LogP contribution in [0.25, 0.3) is 10.9 Å². The summed E-state index contributed by atoms with van der Waals surface area (Å²) >= 11 is 12.0. The van der Waals surface area contributed by atoms with Crippen LogP contribution in [0.1, 0.15) is 0 Å². The van der Waals surface area contributed by atoms with Gasteiger partial charge in [-0.2, -0.15) is 0 Å². The number of hydrogen-bond acceptors (Lipinski definition) is 7. The standard InChI is InChI=1S/C24H25Cl2N5O4/c1-28(16-3-5-19(25)20(26)12-16)22(32)13-31-15-27-21-6-4-17(11-18(21)24(31)34)30-9-7-29(8-10-30)14-23(33)35-2/h3-6,11-12,15H,7-10,13-14H2,1-2H3. The summed E-state index contributed by atoms with van der Waals surface area (Å²) in [6.07, 6.45) is 1.39. The second kappa shape index (κ2) is 10.6. The summed E-state index contributed by atoms with van der Waals surface area (Å²) in [7, 11) is 2.99. The number of nitrogens with zero attached hydrogens (tertiary/aromatic N) is 5. The monoisotopic (exact) mass is 517 g/mol. The summed E-state index contributed by atoms with van der Waals surface area (Å²) < 4.78 is 6.04. The molecule has 0 atom stereocenters. The van der Waals surface area contributed by atoms with Gasteiger partial charge in [-0.15, -0.1) is 0 Å². The molecule has 184 valence electrons. The highest BCUT2D eigenvalue weighted by molar-refractivity contribution is 6.42. The normalized spacial score (nSPS) is 14.2. The summed E-state index contributed by atoms with van der Waals surface area (Å²) in [6.45, 7) is 2.93. The van der Waals surface area contributed by atoms with Crippen LogP contribution >= 0.6 is 23.2 Å². The smallest absolute Gasteiger partial charge is 0.319 e. The fourth-order valence-corrected chi connectivity index (χ4v) is 4.25. The molecule has 1 aromatic heterocycles. The highest BCUT2D eigenvalue weighted by Crippen LogP contribution is 2.27. The average molecular weight is 518 g/mol. The number of methoxy groups -OCH3 is 1. The van der Waals surface area contributed by atoms with Crippen molar-refractivity contribution >= 4 is 57.4 Å². The number of esters is 1. The van der Waals surface area contributed by atoms with Gasteiger partial charge in [0.2, 0.25) is 5.91 Å². The van der Waals surface area contributed by atoms with Gasteiger partial charge in [0.25, 0.3) is 5.56 Å². The molecule has 3 aromatic rings. The van der Waals surface area contributed by atoms with Crippen molar-refractivity contribution in [2.45, 2.75) is 6.54 Å². The van der Waals surface area contributed by atoms with Gasteiger partial charge >= 0.3 is 5.97 Å². The van der Waals surface area contributed by atoms with Crippen molar-refractivity contribution in [3.8, 4) is 0 Å². The van der Waals surface area contributed by atoms with E-state index in [1.54, 1.807) is 31.3 Å². The summed E-state index contributed by atoms with van der Waals surface area (Å²) in [6, 6.07) is 10.4. The van der Waals surface area contributed by atoms with E-state index in [4.69, 9.17) is 27.9 Å². The lowest BCUT2D eigenvalue weighted by Crippen LogP contribution is -2.48. The molecule has 0 N–H and O–H groups in total. The molecule has 2 aromatic carbocycles. The molecule has 1 amide bonds. The fourth-order valence-electron chi connectivity index (χ4n) is 3.96.